The number of rotatable bonds is 4. The number of halogens is 1. The molecule has 1 heterocycles. The molecule has 1 unspecified atom stereocenters. The first-order valence-corrected chi connectivity index (χ1v) is 17.1. The molecule has 1 fully saturated rings. The summed E-state index contributed by atoms with van der Waals surface area (Å²) in [5, 5.41) is 1.68. The van der Waals surface area contributed by atoms with E-state index in [0.29, 0.717) is 18.7 Å². The van der Waals surface area contributed by atoms with E-state index >= 15 is 0 Å². The molecule has 6 heteroatoms. The quantitative estimate of drug-likeness (QED) is 0.389. The molecule has 0 radical (unpaired) electrons. The zero-order valence-corrected chi connectivity index (χ0v) is 21.3. The molecule has 0 aromatic rings. The van der Waals surface area contributed by atoms with E-state index in [2.05, 4.69) is 83.7 Å². The van der Waals surface area contributed by atoms with Gasteiger partial charge in [0.2, 0.25) is 0 Å². The van der Waals surface area contributed by atoms with Gasteiger partial charge >= 0.3 is 155 Å². The Morgan fingerprint density at radius 3 is 1.68 bits per heavy atom. The molecule has 132 valence electrons. The van der Waals surface area contributed by atoms with Crippen LogP contribution in [0.4, 0.5) is 0 Å². The molecule has 0 saturated carbocycles. The molecular formula is C16H35BrO2SeSi2. The second-order valence-electron chi connectivity index (χ2n) is 9.44. The molecule has 1 aliphatic rings. The van der Waals surface area contributed by atoms with Crippen LogP contribution in [-0.2, 0) is 8.85 Å². The molecule has 0 aliphatic carbocycles. The van der Waals surface area contributed by atoms with Gasteiger partial charge in [-0.15, -0.1) is 0 Å². The Balaban J connectivity index is 2.89. The Morgan fingerprint density at radius 2 is 1.27 bits per heavy atom. The van der Waals surface area contributed by atoms with Gasteiger partial charge < -0.3 is 0 Å². The third-order valence-corrected chi connectivity index (χ3v) is 18.7. The first-order valence-electron chi connectivity index (χ1n) is 8.20. The molecule has 0 spiro atoms. The fourth-order valence-corrected chi connectivity index (χ4v) is 8.64. The molecule has 2 nitrogen and oxygen atoms in total. The van der Waals surface area contributed by atoms with Gasteiger partial charge in [0.05, 0.1) is 0 Å². The van der Waals surface area contributed by atoms with Crippen molar-refractivity contribution >= 4 is 47.5 Å². The third-order valence-electron chi connectivity index (χ3n) is 5.53. The summed E-state index contributed by atoms with van der Waals surface area (Å²) in [4.78, 5) is 0. The summed E-state index contributed by atoms with van der Waals surface area (Å²) in [6, 6.07) is 0. The Labute approximate surface area is 155 Å². The van der Waals surface area contributed by atoms with E-state index in [0.717, 1.165) is 0 Å². The summed E-state index contributed by atoms with van der Waals surface area (Å²) >= 11 is 4.45. The van der Waals surface area contributed by atoms with E-state index in [9.17, 15) is 0 Å². The zero-order chi connectivity index (χ0) is 17.6. The molecule has 22 heavy (non-hydrogen) atoms. The van der Waals surface area contributed by atoms with Gasteiger partial charge in [-0.2, -0.15) is 0 Å². The molecule has 0 aromatic carbocycles. The van der Waals surface area contributed by atoms with Crippen LogP contribution in [0.3, 0.4) is 0 Å². The number of hydrogen-bond donors (Lipinski definition) is 0. The van der Waals surface area contributed by atoms with E-state index in [4.69, 9.17) is 8.85 Å². The van der Waals surface area contributed by atoms with E-state index in [-0.39, 0.29) is 22.3 Å². The average molecular weight is 474 g/mol. The minimum atomic E-state index is -1.76. The molecule has 0 bridgehead atoms. The Morgan fingerprint density at radius 1 is 0.864 bits per heavy atom. The first kappa shape index (κ1) is 21.4. The van der Waals surface area contributed by atoms with E-state index < -0.39 is 16.6 Å². The number of hydrogen-bond acceptors (Lipinski definition) is 2. The summed E-state index contributed by atoms with van der Waals surface area (Å²) in [5.74, 6) is 0. The van der Waals surface area contributed by atoms with Gasteiger partial charge in [0.15, 0.2) is 0 Å². The molecule has 1 saturated heterocycles. The predicted octanol–water partition coefficient (Wildman–Crippen LogP) is 5.62. The SMILES string of the molecule is CC(C)(C)[Si](C)(C)O[C@H]1C[Se]C(Br)[C@@H]1O[Si](C)(C)C(C)(C)C. The minimum absolute atomic E-state index is 0.231. The van der Waals surface area contributed by atoms with Crippen molar-refractivity contribution in [1.29, 1.82) is 0 Å². The van der Waals surface area contributed by atoms with Crippen LogP contribution < -0.4 is 0 Å². The summed E-state index contributed by atoms with van der Waals surface area (Å²) < 4.78 is 14.0. The van der Waals surface area contributed by atoms with Gasteiger partial charge in [-0.25, -0.2) is 0 Å². The van der Waals surface area contributed by atoms with Gasteiger partial charge in [-0.05, 0) is 0 Å². The van der Waals surface area contributed by atoms with Crippen LogP contribution in [0.2, 0.25) is 41.6 Å². The van der Waals surface area contributed by atoms with Crippen molar-refractivity contribution in [2.75, 3.05) is 0 Å². The Hall–Kier alpha value is 1.35. The third kappa shape index (κ3) is 4.93. The Bertz CT molecular complexity index is 389. The van der Waals surface area contributed by atoms with Crippen LogP contribution in [0, 0.1) is 0 Å². The maximum absolute atomic E-state index is 6.75. The van der Waals surface area contributed by atoms with Crippen LogP contribution >= 0.6 is 15.9 Å². The van der Waals surface area contributed by atoms with Crippen LogP contribution in [0.1, 0.15) is 41.5 Å². The zero-order valence-electron chi connectivity index (χ0n) is 16.0. The second-order valence-corrected chi connectivity index (χ2v) is 23.8. The van der Waals surface area contributed by atoms with Crippen molar-refractivity contribution in [2.24, 2.45) is 0 Å². The predicted molar refractivity (Wildman–Crippen MR) is 107 cm³/mol. The first-order chi connectivity index (χ1) is 9.58. The molecule has 3 atom stereocenters. The molecule has 1 rings (SSSR count). The maximum atomic E-state index is 6.75. The van der Waals surface area contributed by atoms with Gasteiger partial charge in [-0.3, -0.25) is 0 Å². The van der Waals surface area contributed by atoms with Crippen LogP contribution in [0.15, 0.2) is 0 Å². The van der Waals surface area contributed by atoms with Crippen molar-refractivity contribution < 1.29 is 8.85 Å². The fraction of sp³-hybridized carbons (Fsp3) is 1.00. The van der Waals surface area contributed by atoms with Crippen molar-refractivity contribution in [3.8, 4) is 0 Å². The van der Waals surface area contributed by atoms with Crippen LogP contribution in [0.5, 0.6) is 0 Å². The Kier molecular flexibility index (Phi) is 6.74. The van der Waals surface area contributed by atoms with E-state index in [1.807, 2.05) is 0 Å². The van der Waals surface area contributed by atoms with Gasteiger partial charge in [-0.1, -0.05) is 0 Å². The summed E-state index contributed by atoms with van der Waals surface area (Å²) in [5.41, 5.74) is 0. The normalized spacial score (nSPS) is 28.2. The van der Waals surface area contributed by atoms with Crippen molar-refractivity contribution in [1.82, 2.24) is 0 Å². The topological polar surface area (TPSA) is 18.5 Å². The van der Waals surface area contributed by atoms with E-state index in [1.54, 1.807) is 0 Å². The fourth-order valence-electron chi connectivity index (χ4n) is 1.85. The molecule has 1 aliphatic heterocycles. The van der Waals surface area contributed by atoms with Crippen molar-refractivity contribution in [3.05, 3.63) is 0 Å². The second kappa shape index (κ2) is 6.93. The molecular weight excluding hydrogens is 439 g/mol. The van der Waals surface area contributed by atoms with Gasteiger partial charge in [0.1, 0.15) is 0 Å². The van der Waals surface area contributed by atoms with E-state index in [1.165, 1.54) is 5.32 Å². The summed E-state index contributed by atoms with van der Waals surface area (Å²) in [6.45, 7) is 23.3. The van der Waals surface area contributed by atoms with Gasteiger partial charge in [0, 0.05) is 0 Å². The summed E-state index contributed by atoms with van der Waals surface area (Å²) in [6.07, 6.45) is 0.509. The van der Waals surface area contributed by atoms with Crippen LogP contribution in [0.25, 0.3) is 0 Å². The number of alkyl halides is 1. The average Bonchev–Trinajstić information content (AvgIpc) is 2.57. The summed E-state index contributed by atoms with van der Waals surface area (Å²) in [7, 11) is -3.50. The molecule has 0 aromatic heterocycles. The van der Waals surface area contributed by atoms with Gasteiger partial charge in [0.25, 0.3) is 0 Å². The molecule has 0 N–H and O–H groups in total. The van der Waals surface area contributed by atoms with Crippen molar-refractivity contribution in [2.45, 2.75) is 99.1 Å². The molecule has 0 amide bonds. The monoisotopic (exact) mass is 474 g/mol. The standard InChI is InChI=1S/C16H35BrO2SeSi2/c1-15(2,3)21(7,8)18-12-11-20-14(17)13(12)19-22(9,10)16(4,5)6/h12-14H,11H2,1-10H3/t12-,13+,14?/m0/s1. The van der Waals surface area contributed by atoms with Crippen molar-refractivity contribution in [3.63, 3.8) is 0 Å². The van der Waals surface area contributed by atoms with Crippen LogP contribution in [-0.4, -0.2) is 47.5 Å².